The van der Waals surface area contributed by atoms with Gasteiger partial charge in [0.05, 0.1) is 54.0 Å². The van der Waals surface area contributed by atoms with Gasteiger partial charge in [-0.05, 0) is 98.6 Å². The highest BCUT2D eigenvalue weighted by molar-refractivity contribution is 8.00. The number of ether oxygens (including phenoxy) is 3. The number of hydrogen-bond donors (Lipinski definition) is 8. The molecule has 9 N–H and O–H groups in total. The normalized spacial score (nSPS) is 18.2. The van der Waals surface area contributed by atoms with Crippen molar-refractivity contribution in [3.05, 3.63) is 65.7 Å². The van der Waals surface area contributed by atoms with Crippen LogP contribution in [0.3, 0.4) is 0 Å². The predicted molar refractivity (Wildman–Crippen MR) is 366 cm³/mol. The van der Waals surface area contributed by atoms with Crippen LogP contribution < -0.4 is 37.6 Å². The molecule has 96 heavy (non-hydrogen) atoms. The summed E-state index contributed by atoms with van der Waals surface area (Å²) in [7, 11) is 6.08. The SMILES string of the molecule is CC[C@H](C)[C@@H](C(CC(=O)N1CCC[C@H]1[C@H](OC)[C@@H](C)C(=O)N[C@H](C)[C@@H](O)c1ccccc1)OC)N(C)C(=O)[C@@H](NC(=O)[C@H](C(C)C)N(C)C(=O)OCc1ccc(NC(=O)[C@H](CCCNC(N)=O)NC(=O)[C@@H](NC(=O)CCCCCN2C(=O)CC(SC)C2=O)C(C)C)cc1)C(C)C. The Hall–Kier alpha value is -7.36. The molecule has 2 fully saturated rings. The Kier molecular flexibility index (Phi) is 33.6. The minimum atomic E-state index is -1.11. The number of unbranched alkanes of at least 4 members (excludes halogenated alkanes) is 2. The maximum Gasteiger partial charge on any atom is 0.410 e. The van der Waals surface area contributed by atoms with Crippen LogP contribution in [0.4, 0.5) is 15.3 Å². The molecular weight excluding hydrogens is 1250 g/mol. The molecule has 2 aliphatic rings. The molecule has 4 rings (SSSR count). The summed E-state index contributed by atoms with van der Waals surface area (Å²) in [5.41, 5.74) is 6.79. The van der Waals surface area contributed by atoms with Crippen LogP contribution in [-0.4, -0.2) is 204 Å². The van der Waals surface area contributed by atoms with Gasteiger partial charge in [-0.15, -0.1) is 0 Å². The molecule has 536 valence electrons. The van der Waals surface area contributed by atoms with Gasteiger partial charge in [-0.3, -0.25) is 53.0 Å². The van der Waals surface area contributed by atoms with Crippen molar-refractivity contribution < 1.29 is 72.1 Å². The third-order valence-electron chi connectivity index (χ3n) is 18.3. The van der Waals surface area contributed by atoms with Gasteiger partial charge in [0.15, 0.2) is 0 Å². The van der Waals surface area contributed by atoms with Crippen molar-refractivity contribution in [2.75, 3.05) is 59.5 Å². The van der Waals surface area contributed by atoms with E-state index in [1.165, 1.54) is 42.8 Å². The lowest BCUT2D eigenvalue weighted by atomic mass is 9.89. The monoisotopic (exact) mass is 1360 g/mol. The number of methoxy groups -OCH3 is 2. The van der Waals surface area contributed by atoms with Crippen molar-refractivity contribution in [3.63, 3.8) is 0 Å². The highest BCUT2D eigenvalue weighted by atomic mass is 32.2. The summed E-state index contributed by atoms with van der Waals surface area (Å²) in [6.45, 7) is 18.7. The smallest absolute Gasteiger partial charge is 0.410 e. The van der Waals surface area contributed by atoms with E-state index in [1.807, 2.05) is 32.0 Å². The number of nitrogens with one attached hydrogen (secondary N) is 6. The molecule has 0 radical (unpaired) electrons. The Balaban J connectivity index is 1.37. The molecule has 0 aromatic heterocycles. The van der Waals surface area contributed by atoms with E-state index in [4.69, 9.17) is 19.9 Å². The first kappa shape index (κ1) is 81.1. The Morgan fingerprint density at radius 1 is 0.750 bits per heavy atom. The van der Waals surface area contributed by atoms with Crippen molar-refractivity contribution in [1.82, 2.24) is 46.2 Å². The number of amides is 12. The lowest BCUT2D eigenvalue weighted by Gasteiger charge is -2.41. The number of nitrogens with two attached hydrogens (primary N) is 1. The first-order valence-electron chi connectivity index (χ1n) is 33.7. The summed E-state index contributed by atoms with van der Waals surface area (Å²) in [4.78, 5) is 154. The maximum atomic E-state index is 14.8. The topological polar surface area (TPSA) is 347 Å². The number of thioether (sulfide) groups is 1. The maximum absolute atomic E-state index is 14.8. The Morgan fingerprint density at radius 3 is 1.98 bits per heavy atom. The van der Waals surface area contributed by atoms with Crippen LogP contribution in [0.2, 0.25) is 0 Å². The number of aliphatic hydroxyl groups is 1. The van der Waals surface area contributed by atoms with Crippen LogP contribution in [0.15, 0.2) is 54.6 Å². The van der Waals surface area contributed by atoms with Crippen LogP contribution >= 0.6 is 11.8 Å². The van der Waals surface area contributed by atoms with Gasteiger partial charge in [-0.2, -0.15) is 11.8 Å². The summed E-state index contributed by atoms with van der Waals surface area (Å²) >= 11 is 1.35. The third kappa shape index (κ3) is 23.4. The molecule has 0 aliphatic carbocycles. The average molecular weight is 1360 g/mol. The van der Waals surface area contributed by atoms with Crippen LogP contribution in [0.25, 0.3) is 0 Å². The zero-order chi connectivity index (χ0) is 71.7. The summed E-state index contributed by atoms with van der Waals surface area (Å²) in [6, 6.07) is 8.76. The lowest BCUT2D eigenvalue weighted by Crippen LogP contribution is -2.60. The molecular formula is C69H109N11O15S. The molecule has 12 amide bonds. The van der Waals surface area contributed by atoms with Crippen LogP contribution in [-0.2, 0) is 64.0 Å². The summed E-state index contributed by atoms with van der Waals surface area (Å²) in [6.07, 6.45) is 2.56. The average Bonchev–Trinajstić information content (AvgIpc) is 1.42. The van der Waals surface area contributed by atoms with Gasteiger partial charge in [-0.25, -0.2) is 9.59 Å². The number of benzene rings is 2. The van der Waals surface area contributed by atoms with Gasteiger partial charge in [0, 0.05) is 66.5 Å². The number of aliphatic hydroxyl groups excluding tert-OH is 1. The van der Waals surface area contributed by atoms with Crippen LogP contribution in [0, 0.1) is 29.6 Å². The molecule has 0 bridgehead atoms. The number of likely N-dealkylation sites (tertiary alicyclic amines) is 2. The van der Waals surface area contributed by atoms with Crippen molar-refractivity contribution in [3.8, 4) is 0 Å². The van der Waals surface area contributed by atoms with E-state index in [9.17, 15) is 57.8 Å². The van der Waals surface area contributed by atoms with Crippen molar-refractivity contribution in [2.24, 2.45) is 35.3 Å². The van der Waals surface area contributed by atoms with Gasteiger partial charge in [0.2, 0.25) is 53.2 Å². The number of anilines is 1. The zero-order valence-corrected chi connectivity index (χ0v) is 59.8. The lowest BCUT2D eigenvalue weighted by molar-refractivity contribution is -0.148. The van der Waals surface area contributed by atoms with Crippen molar-refractivity contribution >= 4 is 82.7 Å². The van der Waals surface area contributed by atoms with E-state index >= 15 is 0 Å². The standard InChI is InChI=1S/C69H109N11O15S/c1-16-43(8)59(51(93-13)37-54(82)79-36-24-28-50(79)61(94-14)44(9)62(85)72-45(10)60(84)47-25-19-17-20-26-47)77(11)67(90)57(41(4)5)76-65(88)58(42(6)7)78(12)69(92)95-39-46-30-32-48(33-31-46)73-63(86)49(27-23-34-71-68(70)91)74-64(87)56(40(2)3)75-53(81)29-21-18-22-35-80-55(83)38-52(96-15)66(80)89/h17,19-20,25-26,30-33,40-45,49-52,56-61,84H,16,18,21-24,27-29,34-39H2,1-15H3,(H,72,85)(H,73,86)(H,74,87)(H,75,81)(H,76,88)(H3,70,71,91)/t43-,44+,45+,49-,50-,51?,52?,56-,57-,58-,59-,60+,61+/m0/s1. The van der Waals surface area contributed by atoms with E-state index in [2.05, 4.69) is 31.9 Å². The first-order chi connectivity index (χ1) is 45.4. The van der Waals surface area contributed by atoms with Gasteiger partial charge >= 0.3 is 12.1 Å². The highest BCUT2D eigenvalue weighted by Crippen LogP contribution is 2.31. The fraction of sp³-hybridized carbons (Fsp3) is 0.667. The van der Waals surface area contributed by atoms with Crippen molar-refractivity contribution in [2.45, 2.75) is 212 Å². The number of hydrogen-bond acceptors (Lipinski definition) is 16. The largest absolute Gasteiger partial charge is 0.445 e. The molecule has 0 spiro atoms. The Morgan fingerprint density at radius 2 is 1.41 bits per heavy atom. The van der Waals surface area contributed by atoms with Gasteiger partial charge in [0.25, 0.3) is 0 Å². The highest BCUT2D eigenvalue weighted by Gasteiger charge is 2.44. The van der Waals surface area contributed by atoms with E-state index in [0.717, 1.165) is 0 Å². The van der Waals surface area contributed by atoms with E-state index in [0.29, 0.717) is 61.9 Å². The molecule has 2 aliphatic heterocycles. The number of primary amides is 1. The number of carbonyl (C=O) groups is 11. The van der Waals surface area contributed by atoms with E-state index in [-0.39, 0.29) is 98.4 Å². The number of carbonyl (C=O) groups excluding carboxylic acids is 11. The Labute approximate surface area is 571 Å². The number of imide groups is 1. The fourth-order valence-corrected chi connectivity index (χ4v) is 13.1. The molecule has 2 heterocycles. The van der Waals surface area contributed by atoms with Crippen molar-refractivity contribution in [1.29, 1.82) is 0 Å². The minimum absolute atomic E-state index is 0.0862. The Bertz CT molecular complexity index is 2910. The molecule has 0 saturated carbocycles. The third-order valence-corrected chi connectivity index (χ3v) is 19.2. The molecule has 2 saturated heterocycles. The molecule has 26 nitrogen and oxygen atoms in total. The summed E-state index contributed by atoms with van der Waals surface area (Å²) in [5, 5.41) is 27.3. The number of nitrogens with zero attached hydrogens (tertiary/aromatic N) is 4. The fourth-order valence-electron chi connectivity index (χ4n) is 12.5. The quantitative estimate of drug-likeness (QED) is 0.0296. The van der Waals surface area contributed by atoms with Gasteiger partial charge in [0.1, 0.15) is 30.8 Å². The molecule has 2 unspecified atom stereocenters. The van der Waals surface area contributed by atoms with E-state index < -0.39 is 114 Å². The van der Waals surface area contributed by atoms with Crippen LogP contribution in [0.1, 0.15) is 157 Å². The minimum Gasteiger partial charge on any atom is -0.445 e. The number of urea groups is 1. The molecule has 2 aromatic carbocycles. The zero-order valence-electron chi connectivity index (χ0n) is 59.0. The van der Waals surface area contributed by atoms with E-state index in [1.54, 1.807) is 115 Å². The molecule has 27 heteroatoms. The molecule has 13 atom stereocenters. The summed E-state index contributed by atoms with van der Waals surface area (Å²) < 4.78 is 17.8. The summed E-state index contributed by atoms with van der Waals surface area (Å²) in [5.74, 6) is -5.64. The molecule has 2 aromatic rings. The second-order valence-electron chi connectivity index (χ2n) is 26.4. The van der Waals surface area contributed by atoms with Gasteiger partial charge in [-0.1, -0.05) is 118 Å². The van der Waals surface area contributed by atoms with Crippen LogP contribution in [0.5, 0.6) is 0 Å². The first-order valence-corrected chi connectivity index (χ1v) is 35.0. The number of likely N-dealkylation sites (N-methyl/N-ethyl adjacent to an activating group) is 2. The second-order valence-corrected chi connectivity index (χ2v) is 27.5. The number of rotatable bonds is 39. The predicted octanol–water partition coefficient (Wildman–Crippen LogP) is 5.64. The second kappa shape index (κ2) is 39.8. The van der Waals surface area contributed by atoms with Gasteiger partial charge < -0.3 is 66.8 Å².